The van der Waals surface area contributed by atoms with Gasteiger partial charge in [-0.3, -0.25) is 13.9 Å². The fourth-order valence-electron chi connectivity index (χ4n) is 3.99. The van der Waals surface area contributed by atoms with Gasteiger partial charge in [0.15, 0.2) is 0 Å². The standard InChI is InChI=1S/C27H29Cl2N3O4S/c1-18-13-19(2)15-21(14-18)32(37(35,36)22-9-6-5-7-10-22)17-26(33)31(20(3)27(34)30-4)16-23-24(28)11-8-12-25(23)29/h5-15,20H,16-17H2,1-4H3,(H,30,34)/t20-/m1/s1. The number of likely N-dealkylation sites (N-methyl/N-ethyl adjacent to an activating group) is 1. The van der Waals surface area contributed by atoms with Crippen molar-refractivity contribution in [2.24, 2.45) is 0 Å². The summed E-state index contributed by atoms with van der Waals surface area (Å²) in [5.41, 5.74) is 2.49. The van der Waals surface area contributed by atoms with Crippen molar-refractivity contribution in [1.29, 1.82) is 0 Å². The van der Waals surface area contributed by atoms with E-state index in [0.29, 0.717) is 21.3 Å². The first-order chi connectivity index (χ1) is 17.4. The van der Waals surface area contributed by atoms with Crippen LogP contribution in [-0.2, 0) is 26.2 Å². The first-order valence-electron chi connectivity index (χ1n) is 11.6. The largest absolute Gasteiger partial charge is 0.357 e. The molecule has 0 spiro atoms. The van der Waals surface area contributed by atoms with E-state index >= 15 is 0 Å². The third-order valence-corrected chi connectivity index (χ3v) is 8.40. The molecule has 0 saturated heterocycles. The fraction of sp³-hybridized carbons (Fsp3) is 0.259. The highest BCUT2D eigenvalue weighted by atomic mass is 35.5. The highest BCUT2D eigenvalue weighted by Crippen LogP contribution is 2.29. The molecule has 196 valence electrons. The Morgan fingerprint density at radius 3 is 2.03 bits per heavy atom. The molecule has 0 saturated carbocycles. The van der Waals surface area contributed by atoms with Crippen LogP contribution in [0.3, 0.4) is 0 Å². The van der Waals surface area contributed by atoms with Crippen molar-refractivity contribution >= 4 is 50.7 Å². The second kappa shape index (κ2) is 12.0. The molecule has 10 heteroatoms. The number of anilines is 1. The van der Waals surface area contributed by atoms with Gasteiger partial charge in [-0.05, 0) is 68.3 Å². The molecule has 0 aliphatic rings. The molecule has 7 nitrogen and oxygen atoms in total. The third-order valence-electron chi connectivity index (χ3n) is 5.91. The van der Waals surface area contributed by atoms with E-state index in [1.165, 1.54) is 24.1 Å². The second-order valence-electron chi connectivity index (χ2n) is 8.68. The molecule has 0 heterocycles. The average molecular weight is 563 g/mol. The monoisotopic (exact) mass is 561 g/mol. The van der Waals surface area contributed by atoms with Crippen molar-refractivity contribution in [2.45, 2.75) is 38.3 Å². The Bertz CT molecular complexity index is 1360. The molecule has 0 aromatic heterocycles. The van der Waals surface area contributed by atoms with Gasteiger partial charge in [-0.1, -0.05) is 53.5 Å². The third kappa shape index (κ3) is 6.63. The van der Waals surface area contributed by atoms with E-state index < -0.39 is 34.4 Å². The molecule has 0 bridgehead atoms. The second-order valence-corrected chi connectivity index (χ2v) is 11.4. The normalized spacial score (nSPS) is 12.1. The average Bonchev–Trinajstić information content (AvgIpc) is 2.86. The van der Waals surface area contributed by atoms with Crippen molar-refractivity contribution < 1.29 is 18.0 Å². The highest BCUT2D eigenvalue weighted by molar-refractivity contribution is 7.92. The van der Waals surface area contributed by atoms with Gasteiger partial charge in [0.05, 0.1) is 10.6 Å². The number of rotatable bonds is 9. The molecule has 37 heavy (non-hydrogen) atoms. The summed E-state index contributed by atoms with van der Waals surface area (Å²) in [6.45, 7) is 4.64. The smallest absolute Gasteiger partial charge is 0.264 e. The first-order valence-corrected chi connectivity index (χ1v) is 13.7. The van der Waals surface area contributed by atoms with Gasteiger partial charge in [0.25, 0.3) is 10.0 Å². The lowest BCUT2D eigenvalue weighted by atomic mass is 10.1. The lowest BCUT2D eigenvalue weighted by Crippen LogP contribution is -2.50. The predicted molar refractivity (Wildman–Crippen MR) is 147 cm³/mol. The Morgan fingerprint density at radius 2 is 1.49 bits per heavy atom. The number of hydrogen-bond acceptors (Lipinski definition) is 4. The van der Waals surface area contributed by atoms with Crippen LogP contribution in [0.2, 0.25) is 10.0 Å². The van der Waals surface area contributed by atoms with Crippen LogP contribution in [0.15, 0.2) is 71.6 Å². The number of nitrogens with zero attached hydrogens (tertiary/aromatic N) is 2. The summed E-state index contributed by atoms with van der Waals surface area (Å²) in [5.74, 6) is -1.01. The molecule has 0 unspecified atom stereocenters. The molecular weight excluding hydrogens is 533 g/mol. The van der Waals surface area contributed by atoms with Crippen LogP contribution in [-0.4, -0.2) is 44.8 Å². The minimum Gasteiger partial charge on any atom is -0.357 e. The molecule has 1 N–H and O–H groups in total. The van der Waals surface area contributed by atoms with Crippen molar-refractivity contribution in [3.63, 3.8) is 0 Å². The van der Waals surface area contributed by atoms with Gasteiger partial charge >= 0.3 is 0 Å². The van der Waals surface area contributed by atoms with Gasteiger partial charge < -0.3 is 10.2 Å². The zero-order chi connectivity index (χ0) is 27.3. The van der Waals surface area contributed by atoms with Gasteiger partial charge in [-0.15, -0.1) is 0 Å². The molecule has 3 aromatic carbocycles. The zero-order valence-electron chi connectivity index (χ0n) is 21.0. The maximum absolute atomic E-state index is 13.8. The Morgan fingerprint density at radius 1 is 0.919 bits per heavy atom. The summed E-state index contributed by atoms with van der Waals surface area (Å²) in [6, 6.07) is 17.3. The van der Waals surface area contributed by atoms with Crippen molar-refractivity contribution in [3.05, 3.63) is 93.5 Å². The lowest BCUT2D eigenvalue weighted by Gasteiger charge is -2.32. The van der Waals surface area contributed by atoms with Crippen molar-refractivity contribution in [3.8, 4) is 0 Å². The SMILES string of the molecule is CNC(=O)[C@@H](C)N(Cc1c(Cl)cccc1Cl)C(=O)CN(c1cc(C)cc(C)c1)S(=O)(=O)c1ccccc1. The number of sulfonamides is 1. The number of aryl methyl sites for hydroxylation is 2. The maximum Gasteiger partial charge on any atom is 0.264 e. The minimum absolute atomic E-state index is 0.0435. The molecule has 0 aliphatic carbocycles. The predicted octanol–water partition coefficient (Wildman–Crippen LogP) is 4.97. The van der Waals surface area contributed by atoms with E-state index in [1.807, 2.05) is 19.9 Å². The van der Waals surface area contributed by atoms with Gasteiger partial charge in [0.2, 0.25) is 11.8 Å². The number of carbonyl (C=O) groups is 2. The summed E-state index contributed by atoms with van der Waals surface area (Å²) in [5, 5.41) is 3.20. The minimum atomic E-state index is -4.12. The topological polar surface area (TPSA) is 86.8 Å². The number of amides is 2. The van der Waals surface area contributed by atoms with Gasteiger partial charge in [0.1, 0.15) is 12.6 Å². The van der Waals surface area contributed by atoms with Crippen LogP contribution in [0.1, 0.15) is 23.6 Å². The molecule has 0 fully saturated rings. The van der Waals surface area contributed by atoms with E-state index in [9.17, 15) is 18.0 Å². The number of carbonyl (C=O) groups excluding carboxylic acids is 2. The molecule has 3 rings (SSSR count). The quantitative estimate of drug-likeness (QED) is 0.399. The lowest BCUT2D eigenvalue weighted by molar-refractivity contribution is -0.139. The zero-order valence-corrected chi connectivity index (χ0v) is 23.4. The number of halogens is 2. The van der Waals surface area contributed by atoms with E-state index in [2.05, 4.69) is 5.32 Å². The van der Waals surface area contributed by atoms with Crippen molar-refractivity contribution in [2.75, 3.05) is 17.9 Å². The molecule has 3 aromatic rings. The Hall–Kier alpha value is -3.07. The van der Waals surface area contributed by atoms with Crippen LogP contribution in [0.5, 0.6) is 0 Å². The number of nitrogens with one attached hydrogen (secondary N) is 1. The van der Waals surface area contributed by atoms with Crippen LogP contribution in [0, 0.1) is 13.8 Å². The Labute approximate surface area is 228 Å². The molecule has 2 amide bonds. The fourth-order valence-corrected chi connectivity index (χ4v) is 5.92. The first kappa shape index (κ1) is 28.5. The van der Waals surface area contributed by atoms with Gasteiger partial charge in [0, 0.05) is 29.2 Å². The van der Waals surface area contributed by atoms with Crippen LogP contribution < -0.4 is 9.62 Å². The number of hydrogen-bond donors (Lipinski definition) is 1. The van der Waals surface area contributed by atoms with E-state index in [1.54, 1.807) is 55.5 Å². The number of benzene rings is 3. The Balaban J connectivity index is 2.09. The summed E-state index contributed by atoms with van der Waals surface area (Å²) in [6.07, 6.45) is 0. The molecule has 1 atom stereocenters. The van der Waals surface area contributed by atoms with Crippen LogP contribution in [0.25, 0.3) is 0 Å². The molecular formula is C27H29Cl2N3O4S. The van der Waals surface area contributed by atoms with E-state index in [-0.39, 0.29) is 11.4 Å². The van der Waals surface area contributed by atoms with Crippen LogP contribution >= 0.6 is 23.2 Å². The summed E-state index contributed by atoms with van der Waals surface area (Å²) < 4.78 is 28.6. The van der Waals surface area contributed by atoms with E-state index in [4.69, 9.17) is 23.2 Å². The molecule has 0 aliphatic heterocycles. The van der Waals surface area contributed by atoms with Crippen LogP contribution in [0.4, 0.5) is 5.69 Å². The van der Waals surface area contributed by atoms with E-state index in [0.717, 1.165) is 15.4 Å². The molecule has 0 radical (unpaired) electrons. The Kier molecular flexibility index (Phi) is 9.23. The van der Waals surface area contributed by atoms with Crippen molar-refractivity contribution in [1.82, 2.24) is 10.2 Å². The summed E-state index contributed by atoms with van der Waals surface area (Å²) in [4.78, 5) is 27.7. The summed E-state index contributed by atoms with van der Waals surface area (Å²) in [7, 11) is -2.66. The van der Waals surface area contributed by atoms with Gasteiger partial charge in [-0.25, -0.2) is 8.42 Å². The highest BCUT2D eigenvalue weighted by Gasteiger charge is 2.33. The summed E-state index contributed by atoms with van der Waals surface area (Å²) >= 11 is 12.7. The van der Waals surface area contributed by atoms with Gasteiger partial charge in [-0.2, -0.15) is 0 Å². The maximum atomic E-state index is 13.8.